The monoisotopic (exact) mass is 802 g/mol. The highest BCUT2D eigenvalue weighted by atomic mass is 35.5. The van der Waals surface area contributed by atoms with E-state index in [9.17, 15) is 29.1 Å². The molecule has 0 bridgehead atoms. The second-order valence-corrected chi connectivity index (χ2v) is 15.3. The number of carbonyl (C=O) groups is 2. The Hall–Kier alpha value is -5.80. The maximum absolute atomic E-state index is 14.3. The second-order valence-electron chi connectivity index (χ2n) is 14.0. The van der Waals surface area contributed by atoms with Crippen LogP contribution in [0.15, 0.2) is 86.7 Å². The average molecular weight is 804 g/mol. The highest BCUT2D eigenvalue weighted by Crippen LogP contribution is 2.64. The Morgan fingerprint density at radius 1 is 0.911 bits per heavy atom. The van der Waals surface area contributed by atoms with Crippen LogP contribution < -0.4 is 31.1 Å². The van der Waals surface area contributed by atoms with Crippen LogP contribution in [-0.2, 0) is 42.8 Å². The number of aromatic hydroxyl groups is 1. The van der Waals surface area contributed by atoms with Crippen LogP contribution in [0, 0.1) is 0 Å². The Morgan fingerprint density at radius 3 is 2.32 bits per heavy atom. The van der Waals surface area contributed by atoms with Crippen molar-refractivity contribution < 1.29 is 28.9 Å². The number of phenols is 1. The number of alkyl halides is 2. The SMILES string of the molecule is COc1cc2nc(CCn3c(=O)n4n(c3=O)C3CC5(Cl)C(=O)N(C)C(=O)C5(Cl)C(c5ccc(OCc6ccccc6)cc5O)C3=CC4)c(=O)n(C)c2cc1OC. The predicted octanol–water partition coefficient (Wildman–Crippen LogP) is 3.23. The van der Waals surface area contributed by atoms with E-state index in [2.05, 4.69) is 4.98 Å². The number of ether oxygens (including phenoxy) is 3. The molecule has 2 aromatic heterocycles. The Balaban J connectivity index is 1.17. The van der Waals surface area contributed by atoms with Gasteiger partial charge in [0.25, 0.3) is 17.4 Å². The molecule has 2 aliphatic heterocycles. The molecule has 1 saturated heterocycles. The molecule has 2 fully saturated rings. The maximum atomic E-state index is 14.3. The van der Waals surface area contributed by atoms with E-state index in [1.54, 1.807) is 37.4 Å². The summed E-state index contributed by atoms with van der Waals surface area (Å²) in [6.45, 7) is -0.0699. The first kappa shape index (κ1) is 37.1. The van der Waals surface area contributed by atoms with Crippen molar-refractivity contribution >= 4 is 46.0 Å². The van der Waals surface area contributed by atoms with Crippen LogP contribution in [0.4, 0.5) is 0 Å². The van der Waals surface area contributed by atoms with E-state index in [0.717, 1.165) is 15.0 Å². The molecule has 0 radical (unpaired) electrons. The number of methoxy groups -OCH3 is 2. The summed E-state index contributed by atoms with van der Waals surface area (Å²) in [4.78, 5) is 70.6. The van der Waals surface area contributed by atoms with E-state index in [1.165, 1.54) is 41.3 Å². The summed E-state index contributed by atoms with van der Waals surface area (Å²) in [5.41, 5.74) is 0.752. The number of nitrogens with zero attached hydrogens (tertiary/aromatic N) is 6. The zero-order chi connectivity index (χ0) is 39.8. The molecule has 3 aliphatic rings. The molecule has 3 aromatic carbocycles. The molecule has 1 saturated carbocycles. The molecule has 1 aliphatic carbocycles. The number of phenolic OH excluding ortho intramolecular Hbond substituents is 1. The van der Waals surface area contributed by atoms with Gasteiger partial charge in [0.15, 0.2) is 21.2 Å². The zero-order valence-electron chi connectivity index (χ0n) is 30.7. The molecule has 4 heterocycles. The van der Waals surface area contributed by atoms with E-state index in [1.807, 2.05) is 30.3 Å². The molecular formula is C39H36Cl2N6O9. The van der Waals surface area contributed by atoms with Crippen LogP contribution >= 0.6 is 23.2 Å². The standard InChI is InChI=1S/C39H36Cl2N6O9/c1-43-27-18-31(55-4)30(54-3)17-26(27)42-25(33(43)49)13-14-45-36(52)46-15-12-23-28(47(46)37(45)53)19-38(40)34(50)44(2)35(51)39(38,41)32(23)24-11-10-22(16-29(24)48)56-20-21-8-6-5-7-9-21/h5-12,16-18,28,32,48H,13-15,19-20H2,1-4H3. The predicted molar refractivity (Wildman–Crippen MR) is 205 cm³/mol. The van der Waals surface area contributed by atoms with Crippen LogP contribution in [-0.4, -0.2) is 76.3 Å². The number of carbonyl (C=O) groups excluding carboxylic acids is 2. The highest BCUT2D eigenvalue weighted by molar-refractivity contribution is 6.53. The van der Waals surface area contributed by atoms with Crippen molar-refractivity contribution in [3.05, 3.63) is 120 Å². The molecule has 2 amide bonds. The van der Waals surface area contributed by atoms with Gasteiger partial charge in [-0.05, 0) is 17.2 Å². The Labute approximate surface area is 328 Å². The zero-order valence-corrected chi connectivity index (χ0v) is 32.2. The number of aromatic nitrogens is 5. The molecule has 56 heavy (non-hydrogen) atoms. The number of halogens is 2. The topological polar surface area (TPSA) is 169 Å². The van der Waals surface area contributed by atoms with Crippen molar-refractivity contribution in [1.82, 2.24) is 28.4 Å². The Kier molecular flexibility index (Phi) is 8.92. The lowest BCUT2D eigenvalue weighted by atomic mass is 9.64. The van der Waals surface area contributed by atoms with Gasteiger partial charge in [-0.2, -0.15) is 0 Å². The third-order valence-corrected chi connectivity index (χ3v) is 12.6. The van der Waals surface area contributed by atoms with Gasteiger partial charge in [-0.1, -0.05) is 42.5 Å². The van der Waals surface area contributed by atoms with Gasteiger partial charge in [0, 0.05) is 63.2 Å². The number of amides is 2. The molecule has 1 N–H and O–H groups in total. The van der Waals surface area contributed by atoms with Gasteiger partial charge in [-0.15, -0.1) is 23.2 Å². The summed E-state index contributed by atoms with van der Waals surface area (Å²) < 4.78 is 21.5. The molecule has 4 atom stereocenters. The molecule has 290 valence electrons. The fourth-order valence-corrected chi connectivity index (χ4v) is 9.27. The fraction of sp³-hybridized carbons (Fsp3) is 0.333. The number of likely N-dealkylation sites (tertiary alicyclic amines) is 1. The summed E-state index contributed by atoms with van der Waals surface area (Å²) >= 11 is 14.5. The minimum Gasteiger partial charge on any atom is -0.508 e. The van der Waals surface area contributed by atoms with Gasteiger partial charge in [-0.3, -0.25) is 19.3 Å². The molecular weight excluding hydrogens is 767 g/mol. The normalized spacial score (nSPS) is 22.8. The number of hydrogen-bond donors (Lipinski definition) is 1. The van der Waals surface area contributed by atoms with Crippen molar-refractivity contribution in [2.75, 3.05) is 21.3 Å². The summed E-state index contributed by atoms with van der Waals surface area (Å²) in [5.74, 6) is -1.85. The first-order chi connectivity index (χ1) is 26.7. The van der Waals surface area contributed by atoms with Crippen LogP contribution in [0.5, 0.6) is 23.0 Å². The first-order valence-electron chi connectivity index (χ1n) is 17.7. The number of hydrogen-bond acceptors (Lipinski definition) is 10. The Bertz CT molecular complexity index is 2690. The lowest BCUT2D eigenvalue weighted by molar-refractivity contribution is -0.137. The van der Waals surface area contributed by atoms with Crippen LogP contribution in [0.1, 0.15) is 35.2 Å². The number of fused-ring (bicyclic) bond motifs is 5. The molecule has 15 nitrogen and oxygen atoms in total. The minimum atomic E-state index is -2.10. The van der Waals surface area contributed by atoms with Gasteiger partial charge < -0.3 is 23.9 Å². The molecule has 17 heteroatoms. The smallest absolute Gasteiger partial charge is 0.347 e. The van der Waals surface area contributed by atoms with Crippen molar-refractivity contribution in [3.63, 3.8) is 0 Å². The lowest BCUT2D eigenvalue weighted by Gasteiger charge is -2.49. The van der Waals surface area contributed by atoms with Crippen LogP contribution in [0.3, 0.4) is 0 Å². The van der Waals surface area contributed by atoms with Crippen molar-refractivity contribution in [1.29, 1.82) is 0 Å². The van der Waals surface area contributed by atoms with Crippen molar-refractivity contribution in [2.45, 2.75) is 54.2 Å². The van der Waals surface area contributed by atoms with E-state index >= 15 is 0 Å². The van der Waals surface area contributed by atoms with Crippen molar-refractivity contribution in [2.24, 2.45) is 7.05 Å². The lowest BCUT2D eigenvalue weighted by Crippen LogP contribution is -2.59. The number of aryl methyl sites for hydroxylation is 2. The quantitative estimate of drug-likeness (QED) is 0.133. The Morgan fingerprint density at radius 2 is 1.62 bits per heavy atom. The van der Waals surface area contributed by atoms with Gasteiger partial charge in [0.05, 0.1) is 37.8 Å². The summed E-state index contributed by atoms with van der Waals surface area (Å²) in [6, 6.07) is 16.3. The largest absolute Gasteiger partial charge is 0.508 e. The number of imide groups is 1. The molecule has 5 aromatic rings. The third-order valence-electron chi connectivity index (χ3n) is 11.1. The molecule has 4 unspecified atom stereocenters. The van der Waals surface area contributed by atoms with Gasteiger partial charge in [0.2, 0.25) is 0 Å². The fourth-order valence-electron chi connectivity index (χ4n) is 8.28. The minimum absolute atomic E-state index is 0.0712. The number of rotatable bonds is 9. The molecule has 0 spiro atoms. The van der Waals surface area contributed by atoms with E-state index in [4.69, 9.17) is 37.4 Å². The average Bonchev–Trinajstić information content (AvgIpc) is 3.52. The number of benzene rings is 3. The number of allylic oxidation sites excluding steroid dienone is 2. The van der Waals surface area contributed by atoms with E-state index < -0.39 is 50.5 Å². The third kappa shape index (κ3) is 5.31. The maximum Gasteiger partial charge on any atom is 0.347 e. The summed E-state index contributed by atoms with van der Waals surface area (Å²) in [7, 11) is 5.83. The first-order valence-corrected chi connectivity index (χ1v) is 18.4. The van der Waals surface area contributed by atoms with E-state index in [0.29, 0.717) is 33.9 Å². The van der Waals surface area contributed by atoms with E-state index in [-0.39, 0.29) is 49.5 Å². The van der Waals surface area contributed by atoms with Crippen LogP contribution in [0.25, 0.3) is 11.0 Å². The van der Waals surface area contributed by atoms with Gasteiger partial charge in [0.1, 0.15) is 23.8 Å². The second kappa shape index (κ2) is 13.4. The molecule has 8 rings (SSSR count). The summed E-state index contributed by atoms with van der Waals surface area (Å²) in [6.07, 6.45) is 1.30. The van der Waals surface area contributed by atoms with Gasteiger partial charge in [-0.25, -0.2) is 28.5 Å². The summed E-state index contributed by atoms with van der Waals surface area (Å²) in [5, 5.41) is 11.5. The highest BCUT2D eigenvalue weighted by Gasteiger charge is 2.75. The van der Waals surface area contributed by atoms with Gasteiger partial charge >= 0.3 is 11.4 Å². The van der Waals surface area contributed by atoms with Crippen molar-refractivity contribution in [3.8, 4) is 23.0 Å². The van der Waals surface area contributed by atoms with Crippen LogP contribution in [0.2, 0.25) is 0 Å².